The summed E-state index contributed by atoms with van der Waals surface area (Å²) in [5.41, 5.74) is 4.39. The van der Waals surface area contributed by atoms with Crippen LogP contribution in [-0.2, 0) is 11.3 Å². The van der Waals surface area contributed by atoms with Gasteiger partial charge in [0.05, 0.1) is 6.33 Å². The molecule has 4 aromatic rings. The minimum absolute atomic E-state index is 0.129. The molecule has 140 valence electrons. The predicted octanol–water partition coefficient (Wildman–Crippen LogP) is 3.86. The number of rotatable bonds is 5. The van der Waals surface area contributed by atoms with Gasteiger partial charge in [-0.2, -0.15) is 4.98 Å². The first-order valence-electron chi connectivity index (χ1n) is 8.87. The number of carbonyl (C=O) groups excluding carboxylic acids is 1. The molecule has 7 heteroatoms. The largest absolute Gasteiger partial charge is 0.334 e. The number of carbonyl (C=O) groups is 1. The van der Waals surface area contributed by atoms with Crippen LogP contribution in [0.4, 0.5) is 5.69 Å². The van der Waals surface area contributed by atoms with Crippen molar-refractivity contribution in [2.24, 2.45) is 0 Å². The van der Waals surface area contributed by atoms with E-state index in [2.05, 4.69) is 20.4 Å². The molecule has 0 aliphatic carbocycles. The molecule has 0 aliphatic rings. The third kappa shape index (κ3) is 3.68. The first-order valence-corrected chi connectivity index (χ1v) is 8.87. The first kappa shape index (κ1) is 17.7. The zero-order valence-electron chi connectivity index (χ0n) is 15.6. The molecule has 28 heavy (non-hydrogen) atoms. The van der Waals surface area contributed by atoms with E-state index in [4.69, 9.17) is 4.52 Å². The monoisotopic (exact) mass is 373 g/mol. The van der Waals surface area contributed by atoms with Crippen molar-refractivity contribution >= 4 is 11.6 Å². The molecule has 0 unspecified atom stereocenters. The van der Waals surface area contributed by atoms with E-state index in [1.807, 2.05) is 62.4 Å². The first-order chi connectivity index (χ1) is 13.6. The summed E-state index contributed by atoms with van der Waals surface area (Å²) < 4.78 is 7.00. The minimum atomic E-state index is -0.129. The Hall–Kier alpha value is -3.74. The van der Waals surface area contributed by atoms with E-state index in [9.17, 15) is 4.79 Å². The van der Waals surface area contributed by atoms with Gasteiger partial charge in [-0.25, -0.2) is 4.98 Å². The summed E-state index contributed by atoms with van der Waals surface area (Å²) in [6.07, 6.45) is 3.30. The number of amides is 1. The van der Waals surface area contributed by atoms with Gasteiger partial charge in [-0.05, 0) is 43.2 Å². The lowest BCUT2D eigenvalue weighted by atomic mass is 10.1. The molecule has 0 fully saturated rings. The minimum Gasteiger partial charge on any atom is -0.334 e. The Kier molecular flexibility index (Phi) is 4.72. The van der Waals surface area contributed by atoms with Gasteiger partial charge in [0.2, 0.25) is 11.7 Å². The Labute approximate surface area is 162 Å². The number of aryl methyl sites for hydroxylation is 1. The second-order valence-electron chi connectivity index (χ2n) is 6.52. The quantitative estimate of drug-likeness (QED) is 0.574. The lowest BCUT2D eigenvalue weighted by molar-refractivity contribution is -0.116. The smallest absolute Gasteiger partial charge is 0.258 e. The van der Waals surface area contributed by atoms with Crippen LogP contribution in [-0.4, -0.2) is 25.6 Å². The van der Waals surface area contributed by atoms with Crippen LogP contribution >= 0.6 is 0 Å². The number of nitrogens with one attached hydrogen (secondary N) is 1. The van der Waals surface area contributed by atoms with E-state index in [1.165, 1.54) is 0 Å². The molecule has 0 radical (unpaired) electrons. The highest BCUT2D eigenvalue weighted by Gasteiger charge is 2.14. The van der Waals surface area contributed by atoms with Gasteiger partial charge in [-0.3, -0.25) is 4.79 Å². The molecular formula is C21H19N5O2. The molecule has 0 atom stereocenters. The molecule has 0 aliphatic heterocycles. The van der Waals surface area contributed by atoms with Crippen LogP contribution in [0.3, 0.4) is 0 Å². The van der Waals surface area contributed by atoms with E-state index < -0.39 is 0 Å². The molecule has 0 saturated carbocycles. The van der Waals surface area contributed by atoms with Gasteiger partial charge in [0.15, 0.2) is 0 Å². The van der Waals surface area contributed by atoms with E-state index in [0.717, 1.165) is 22.4 Å². The Morgan fingerprint density at radius 2 is 1.93 bits per heavy atom. The number of imidazole rings is 1. The summed E-state index contributed by atoms with van der Waals surface area (Å²) in [6, 6.07) is 15.4. The molecule has 1 N–H and O–H groups in total. The fourth-order valence-corrected chi connectivity index (χ4v) is 2.83. The van der Waals surface area contributed by atoms with Gasteiger partial charge < -0.3 is 14.4 Å². The number of hydrogen-bond donors (Lipinski definition) is 1. The van der Waals surface area contributed by atoms with Gasteiger partial charge in [0.25, 0.3) is 5.89 Å². The van der Waals surface area contributed by atoms with Crippen LogP contribution in [0.25, 0.3) is 23.0 Å². The third-order valence-corrected chi connectivity index (χ3v) is 4.51. The molecule has 1 amide bonds. The maximum atomic E-state index is 12.4. The number of nitrogens with zero attached hydrogens (tertiary/aromatic N) is 4. The van der Waals surface area contributed by atoms with Crippen LogP contribution in [0.15, 0.2) is 65.6 Å². The fourth-order valence-electron chi connectivity index (χ4n) is 2.83. The van der Waals surface area contributed by atoms with Gasteiger partial charge in [0, 0.05) is 17.4 Å². The molecule has 0 saturated heterocycles. The van der Waals surface area contributed by atoms with Crippen LogP contribution in [0.5, 0.6) is 0 Å². The van der Waals surface area contributed by atoms with Gasteiger partial charge >= 0.3 is 0 Å². The normalized spacial score (nSPS) is 10.8. The molecule has 0 spiro atoms. The summed E-state index contributed by atoms with van der Waals surface area (Å²) in [6.45, 7) is 4.15. The van der Waals surface area contributed by atoms with Crippen LogP contribution < -0.4 is 5.32 Å². The molecular weight excluding hydrogens is 354 g/mol. The van der Waals surface area contributed by atoms with Crippen molar-refractivity contribution in [3.63, 3.8) is 0 Å². The standard InChI is InChI=1S/C21H19N5O2/c1-14-7-6-10-17(15(14)2)23-19(27)12-26-11-18(22-13-26)20-24-21(28-25-20)16-8-4-3-5-9-16/h3-11,13H,12H2,1-2H3,(H,23,27). The summed E-state index contributed by atoms with van der Waals surface area (Å²) >= 11 is 0. The van der Waals surface area contributed by atoms with Crippen molar-refractivity contribution in [1.82, 2.24) is 19.7 Å². The summed E-state index contributed by atoms with van der Waals surface area (Å²) in [7, 11) is 0. The van der Waals surface area contributed by atoms with Crippen molar-refractivity contribution in [1.29, 1.82) is 0 Å². The number of benzene rings is 2. The molecule has 7 nitrogen and oxygen atoms in total. The predicted molar refractivity (Wildman–Crippen MR) is 106 cm³/mol. The zero-order chi connectivity index (χ0) is 19.5. The highest BCUT2D eigenvalue weighted by molar-refractivity contribution is 5.91. The summed E-state index contributed by atoms with van der Waals surface area (Å²) in [5.74, 6) is 0.682. The Bertz CT molecular complexity index is 1110. The topological polar surface area (TPSA) is 85.8 Å². The molecule has 2 heterocycles. The average Bonchev–Trinajstić information content (AvgIpc) is 3.36. The Balaban J connectivity index is 1.45. The SMILES string of the molecule is Cc1cccc(NC(=O)Cn2cnc(-c3noc(-c4ccccc4)n3)c2)c1C. The van der Waals surface area contributed by atoms with E-state index in [-0.39, 0.29) is 12.5 Å². The number of anilines is 1. The maximum Gasteiger partial charge on any atom is 0.258 e. The van der Waals surface area contributed by atoms with Gasteiger partial charge in [-0.1, -0.05) is 35.5 Å². The summed E-state index contributed by atoms with van der Waals surface area (Å²) in [5, 5.41) is 6.92. The van der Waals surface area contributed by atoms with Crippen LogP contribution in [0.1, 0.15) is 11.1 Å². The fraction of sp³-hybridized carbons (Fsp3) is 0.143. The molecule has 2 aromatic heterocycles. The zero-order valence-corrected chi connectivity index (χ0v) is 15.6. The van der Waals surface area contributed by atoms with Crippen molar-refractivity contribution in [3.8, 4) is 23.0 Å². The Morgan fingerprint density at radius 1 is 1.11 bits per heavy atom. The van der Waals surface area contributed by atoms with Crippen LogP contribution in [0, 0.1) is 13.8 Å². The highest BCUT2D eigenvalue weighted by Crippen LogP contribution is 2.21. The van der Waals surface area contributed by atoms with Gasteiger partial charge in [0.1, 0.15) is 12.2 Å². The lowest BCUT2D eigenvalue weighted by Gasteiger charge is -2.10. The lowest BCUT2D eigenvalue weighted by Crippen LogP contribution is -2.18. The second-order valence-corrected chi connectivity index (χ2v) is 6.52. The maximum absolute atomic E-state index is 12.4. The van der Waals surface area contributed by atoms with Crippen LogP contribution in [0.2, 0.25) is 0 Å². The van der Waals surface area contributed by atoms with E-state index >= 15 is 0 Å². The number of aromatic nitrogens is 4. The number of hydrogen-bond acceptors (Lipinski definition) is 5. The van der Waals surface area contributed by atoms with E-state index in [1.54, 1.807) is 17.1 Å². The average molecular weight is 373 g/mol. The molecule has 4 rings (SSSR count). The summed E-state index contributed by atoms with van der Waals surface area (Å²) in [4.78, 5) is 21.0. The Morgan fingerprint density at radius 3 is 2.75 bits per heavy atom. The van der Waals surface area contributed by atoms with Crippen molar-refractivity contribution < 1.29 is 9.32 Å². The second kappa shape index (κ2) is 7.48. The molecule has 2 aromatic carbocycles. The van der Waals surface area contributed by atoms with Crippen molar-refractivity contribution in [3.05, 3.63) is 72.2 Å². The van der Waals surface area contributed by atoms with Gasteiger partial charge in [-0.15, -0.1) is 0 Å². The van der Waals surface area contributed by atoms with Crippen molar-refractivity contribution in [2.45, 2.75) is 20.4 Å². The third-order valence-electron chi connectivity index (χ3n) is 4.51. The molecule has 0 bridgehead atoms. The van der Waals surface area contributed by atoms with E-state index in [0.29, 0.717) is 17.4 Å². The highest BCUT2D eigenvalue weighted by atomic mass is 16.5. The van der Waals surface area contributed by atoms with Crippen molar-refractivity contribution in [2.75, 3.05) is 5.32 Å².